The molecule has 0 saturated heterocycles. The maximum atomic E-state index is 12.7. The molecule has 0 bridgehead atoms. The Kier molecular flexibility index (Phi) is 4.88. The van der Waals surface area contributed by atoms with Crippen molar-refractivity contribution in [2.45, 2.75) is 20.0 Å². The first-order valence-corrected chi connectivity index (χ1v) is 6.90. The molecule has 1 heterocycles. The van der Waals surface area contributed by atoms with E-state index in [4.69, 9.17) is 4.74 Å². The zero-order chi connectivity index (χ0) is 17.0. The third-order valence-electron chi connectivity index (χ3n) is 3.11. The number of hydrogen-bond donors (Lipinski definition) is 1. The summed E-state index contributed by atoms with van der Waals surface area (Å²) in [5, 5.41) is 2.88. The van der Waals surface area contributed by atoms with Crippen LogP contribution in [0.5, 0.6) is 0 Å². The first-order valence-electron chi connectivity index (χ1n) is 6.90. The van der Waals surface area contributed by atoms with Crippen molar-refractivity contribution in [3.05, 3.63) is 53.2 Å². The van der Waals surface area contributed by atoms with Crippen LogP contribution in [0.4, 0.5) is 24.7 Å². The van der Waals surface area contributed by atoms with E-state index in [0.29, 0.717) is 11.3 Å². The SMILES string of the molecule is CCOC(=O)c1cccnc1Nc1ccc(C(F)(F)F)cc1C. The molecule has 0 aliphatic heterocycles. The van der Waals surface area contributed by atoms with Crippen LogP contribution in [0.2, 0.25) is 0 Å². The number of hydrogen-bond acceptors (Lipinski definition) is 4. The minimum atomic E-state index is -4.40. The number of nitrogens with zero attached hydrogens (tertiary/aromatic N) is 1. The highest BCUT2D eigenvalue weighted by molar-refractivity contribution is 5.95. The molecule has 0 spiro atoms. The lowest BCUT2D eigenvalue weighted by molar-refractivity contribution is -0.137. The molecule has 23 heavy (non-hydrogen) atoms. The quantitative estimate of drug-likeness (QED) is 0.851. The Balaban J connectivity index is 2.32. The lowest BCUT2D eigenvalue weighted by Gasteiger charge is -2.14. The fourth-order valence-corrected chi connectivity index (χ4v) is 1.99. The summed E-state index contributed by atoms with van der Waals surface area (Å²) in [6.45, 7) is 3.44. The fourth-order valence-electron chi connectivity index (χ4n) is 1.99. The zero-order valence-electron chi connectivity index (χ0n) is 12.6. The van der Waals surface area contributed by atoms with Crippen LogP contribution in [0.25, 0.3) is 0 Å². The molecule has 7 heteroatoms. The van der Waals surface area contributed by atoms with E-state index < -0.39 is 17.7 Å². The molecule has 0 unspecified atom stereocenters. The second kappa shape index (κ2) is 6.68. The summed E-state index contributed by atoms with van der Waals surface area (Å²) in [6.07, 6.45) is -2.92. The Bertz CT molecular complexity index is 715. The molecule has 1 N–H and O–H groups in total. The minimum absolute atomic E-state index is 0.215. The monoisotopic (exact) mass is 324 g/mol. The number of esters is 1. The molecule has 2 rings (SSSR count). The third kappa shape index (κ3) is 4.00. The van der Waals surface area contributed by atoms with E-state index in [1.165, 1.54) is 18.3 Å². The zero-order valence-corrected chi connectivity index (χ0v) is 12.6. The number of aromatic nitrogens is 1. The van der Waals surface area contributed by atoms with Gasteiger partial charge in [0, 0.05) is 11.9 Å². The number of aryl methyl sites for hydroxylation is 1. The van der Waals surface area contributed by atoms with Crippen molar-refractivity contribution in [3.63, 3.8) is 0 Å². The van der Waals surface area contributed by atoms with E-state index >= 15 is 0 Å². The van der Waals surface area contributed by atoms with E-state index in [1.807, 2.05) is 0 Å². The van der Waals surface area contributed by atoms with Crippen molar-refractivity contribution in [3.8, 4) is 0 Å². The summed E-state index contributed by atoms with van der Waals surface area (Å²) in [7, 11) is 0. The highest BCUT2D eigenvalue weighted by Gasteiger charge is 2.30. The summed E-state index contributed by atoms with van der Waals surface area (Å²) >= 11 is 0. The van der Waals surface area contributed by atoms with E-state index in [2.05, 4.69) is 10.3 Å². The number of pyridine rings is 1. The van der Waals surface area contributed by atoms with Gasteiger partial charge in [-0.05, 0) is 49.7 Å². The highest BCUT2D eigenvalue weighted by Crippen LogP contribution is 2.32. The molecule has 1 aromatic carbocycles. The van der Waals surface area contributed by atoms with Gasteiger partial charge in [0.2, 0.25) is 0 Å². The first-order chi connectivity index (χ1) is 10.8. The largest absolute Gasteiger partial charge is 0.462 e. The van der Waals surface area contributed by atoms with Crippen LogP contribution in [0.1, 0.15) is 28.4 Å². The average Bonchev–Trinajstić information content (AvgIpc) is 2.49. The van der Waals surface area contributed by atoms with E-state index in [9.17, 15) is 18.0 Å². The average molecular weight is 324 g/mol. The van der Waals surface area contributed by atoms with Crippen molar-refractivity contribution < 1.29 is 22.7 Å². The van der Waals surface area contributed by atoms with E-state index in [1.54, 1.807) is 19.9 Å². The molecule has 0 radical (unpaired) electrons. The van der Waals surface area contributed by atoms with Gasteiger partial charge in [0.05, 0.1) is 12.2 Å². The van der Waals surface area contributed by atoms with Gasteiger partial charge in [-0.25, -0.2) is 9.78 Å². The van der Waals surface area contributed by atoms with Crippen LogP contribution >= 0.6 is 0 Å². The molecule has 0 fully saturated rings. The topological polar surface area (TPSA) is 51.2 Å². The van der Waals surface area contributed by atoms with Gasteiger partial charge in [-0.3, -0.25) is 0 Å². The second-order valence-corrected chi connectivity index (χ2v) is 4.77. The Morgan fingerprint density at radius 3 is 2.65 bits per heavy atom. The molecule has 0 aliphatic carbocycles. The summed E-state index contributed by atoms with van der Waals surface area (Å²) in [6, 6.07) is 6.43. The summed E-state index contributed by atoms with van der Waals surface area (Å²) < 4.78 is 43.0. The van der Waals surface area contributed by atoms with Gasteiger partial charge in [0.15, 0.2) is 0 Å². The second-order valence-electron chi connectivity index (χ2n) is 4.77. The third-order valence-corrected chi connectivity index (χ3v) is 3.11. The molecular weight excluding hydrogens is 309 g/mol. The molecule has 1 aromatic heterocycles. The van der Waals surface area contributed by atoms with Crippen LogP contribution < -0.4 is 5.32 Å². The van der Waals surface area contributed by atoms with Gasteiger partial charge < -0.3 is 10.1 Å². The van der Waals surface area contributed by atoms with Crippen LogP contribution in [-0.2, 0) is 10.9 Å². The maximum absolute atomic E-state index is 12.7. The normalized spacial score (nSPS) is 11.2. The highest BCUT2D eigenvalue weighted by atomic mass is 19.4. The number of nitrogens with one attached hydrogen (secondary N) is 1. The molecule has 122 valence electrons. The molecule has 0 atom stereocenters. The number of carbonyl (C=O) groups is 1. The van der Waals surface area contributed by atoms with E-state index in [-0.39, 0.29) is 18.0 Å². The lowest BCUT2D eigenvalue weighted by atomic mass is 10.1. The molecule has 2 aromatic rings. The van der Waals surface area contributed by atoms with Gasteiger partial charge in [-0.1, -0.05) is 0 Å². The molecule has 0 amide bonds. The van der Waals surface area contributed by atoms with Gasteiger partial charge >= 0.3 is 12.1 Å². The summed E-state index contributed by atoms with van der Waals surface area (Å²) in [4.78, 5) is 15.9. The number of anilines is 2. The Morgan fingerprint density at radius 1 is 1.30 bits per heavy atom. The van der Waals surface area contributed by atoms with Crippen LogP contribution in [-0.4, -0.2) is 17.6 Å². The Hall–Kier alpha value is -2.57. The fraction of sp³-hybridized carbons (Fsp3) is 0.250. The van der Waals surface area contributed by atoms with Crippen molar-refractivity contribution in [1.29, 1.82) is 0 Å². The van der Waals surface area contributed by atoms with Gasteiger partial charge in [-0.15, -0.1) is 0 Å². The molecule has 4 nitrogen and oxygen atoms in total. The lowest BCUT2D eigenvalue weighted by Crippen LogP contribution is -2.10. The number of carbonyl (C=O) groups excluding carboxylic acids is 1. The molecule has 0 aliphatic rings. The van der Waals surface area contributed by atoms with Gasteiger partial charge in [0.1, 0.15) is 11.4 Å². The number of alkyl halides is 3. The van der Waals surface area contributed by atoms with Gasteiger partial charge in [-0.2, -0.15) is 13.2 Å². The summed E-state index contributed by atoms with van der Waals surface area (Å²) in [5.41, 5.74) is 0.309. The Labute approximate surface area is 131 Å². The standard InChI is InChI=1S/C16H15F3N2O2/c1-3-23-15(22)12-5-4-8-20-14(12)21-13-7-6-11(9-10(13)2)16(17,18)19/h4-9H,3H2,1-2H3,(H,20,21). The van der Waals surface area contributed by atoms with E-state index in [0.717, 1.165) is 12.1 Å². The van der Waals surface area contributed by atoms with Crippen molar-refractivity contribution in [2.75, 3.05) is 11.9 Å². The number of rotatable bonds is 4. The smallest absolute Gasteiger partial charge is 0.416 e. The van der Waals surface area contributed by atoms with Crippen molar-refractivity contribution >= 4 is 17.5 Å². The van der Waals surface area contributed by atoms with Crippen LogP contribution in [0, 0.1) is 6.92 Å². The summed E-state index contributed by atoms with van der Waals surface area (Å²) in [5.74, 6) is -0.318. The van der Waals surface area contributed by atoms with Crippen LogP contribution in [0.15, 0.2) is 36.5 Å². The van der Waals surface area contributed by atoms with Gasteiger partial charge in [0.25, 0.3) is 0 Å². The van der Waals surface area contributed by atoms with Crippen LogP contribution in [0.3, 0.4) is 0 Å². The van der Waals surface area contributed by atoms with Crippen molar-refractivity contribution in [1.82, 2.24) is 4.98 Å². The number of halogens is 3. The minimum Gasteiger partial charge on any atom is -0.462 e. The number of benzene rings is 1. The predicted octanol–water partition coefficient (Wildman–Crippen LogP) is 4.33. The maximum Gasteiger partial charge on any atom is 0.416 e. The predicted molar refractivity (Wildman–Crippen MR) is 79.7 cm³/mol. The Morgan fingerprint density at radius 2 is 2.04 bits per heavy atom. The van der Waals surface area contributed by atoms with Crippen molar-refractivity contribution in [2.24, 2.45) is 0 Å². The number of ether oxygens (including phenoxy) is 1. The first kappa shape index (κ1) is 16.8. The molecule has 0 saturated carbocycles. The molecular formula is C16H15F3N2O2.